The third-order valence-electron chi connectivity index (χ3n) is 3.99. The van der Waals surface area contributed by atoms with Crippen molar-refractivity contribution in [3.63, 3.8) is 0 Å². The summed E-state index contributed by atoms with van der Waals surface area (Å²) in [6.07, 6.45) is 5.29. The van der Waals surface area contributed by atoms with Gasteiger partial charge in [-0.1, -0.05) is 24.3 Å². The number of carbonyl (C=O) groups excluding carboxylic acids is 2. The Morgan fingerprint density at radius 2 is 1.86 bits per heavy atom. The van der Waals surface area contributed by atoms with Gasteiger partial charge in [0, 0.05) is 31.5 Å². The van der Waals surface area contributed by atoms with Gasteiger partial charge in [-0.3, -0.25) is 9.59 Å². The number of hydrogen-bond donors (Lipinski definition) is 2. The topological polar surface area (TPSA) is 76.0 Å². The van der Waals surface area contributed by atoms with Gasteiger partial charge in [-0.05, 0) is 23.3 Å². The number of imidazole rings is 1. The minimum atomic E-state index is -0.979. The number of nitrogens with zero attached hydrogens (tertiary/aromatic N) is 2. The smallest absolute Gasteiger partial charge is 0.254 e. The van der Waals surface area contributed by atoms with Crippen LogP contribution in [0.25, 0.3) is 0 Å². The highest BCUT2D eigenvalue weighted by Gasteiger charge is 2.13. The largest absolute Gasteiger partial charge is 0.350 e. The maximum atomic E-state index is 13.6. The predicted octanol–water partition coefficient (Wildman–Crippen LogP) is 2.26. The summed E-state index contributed by atoms with van der Waals surface area (Å²) in [7, 11) is 0. The molecule has 28 heavy (non-hydrogen) atoms. The molecule has 0 atom stereocenters. The first-order valence-electron chi connectivity index (χ1n) is 8.55. The summed E-state index contributed by atoms with van der Waals surface area (Å²) < 4.78 is 28.4. The molecular weight excluding hydrogens is 366 g/mol. The molecule has 0 fully saturated rings. The van der Waals surface area contributed by atoms with Gasteiger partial charge >= 0.3 is 0 Å². The summed E-state index contributed by atoms with van der Waals surface area (Å²) >= 11 is 0. The highest BCUT2D eigenvalue weighted by Crippen LogP contribution is 2.09. The highest BCUT2D eigenvalue weighted by molar-refractivity contribution is 5.96. The summed E-state index contributed by atoms with van der Waals surface area (Å²) in [6.45, 7) is 0.642. The molecule has 144 valence electrons. The number of carbonyl (C=O) groups is 2. The number of hydrogen-bond acceptors (Lipinski definition) is 3. The van der Waals surface area contributed by atoms with Crippen molar-refractivity contribution in [2.45, 2.75) is 13.1 Å². The number of rotatable bonds is 7. The zero-order valence-electron chi connectivity index (χ0n) is 14.9. The zero-order chi connectivity index (χ0) is 19.9. The van der Waals surface area contributed by atoms with Crippen LogP contribution in [-0.2, 0) is 17.9 Å². The van der Waals surface area contributed by atoms with Crippen LogP contribution in [0.1, 0.15) is 21.5 Å². The predicted molar refractivity (Wildman–Crippen MR) is 98.3 cm³/mol. The SMILES string of the molecule is O=C(CNC(=O)c1ccc(F)cc1F)NCc1cccc(Cn2ccnc2)c1. The number of halogens is 2. The van der Waals surface area contributed by atoms with Gasteiger partial charge in [0.2, 0.25) is 5.91 Å². The van der Waals surface area contributed by atoms with E-state index in [4.69, 9.17) is 0 Å². The molecule has 1 aromatic heterocycles. The maximum Gasteiger partial charge on any atom is 0.254 e. The lowest BCUT2D eigenvalue weighted by Gasteiger charge is -2.09. The zero-order valence-corrected chi connectivity index (χ0v) is 14.9. The number of aromatic nitrogens is 2. The fourth-order valence-electron chi connectivity index (χ4n) is 2.62. The highest BCUT2D eigenvalue weighted by atomic mass is 19.1. The lowest BCUT2D eigenvalue weighted by atomic mass is 10.1. The van der Waals surface area contributed by atoms with Gasteiger partial charge in [0.1, 0.15) is 11.6 Å². The average molecular weight is 384 g/mol. The van der Waals surface area contributed by atoms with E-state index in [1.54, 1.807) is 12.5 Å². The van der Waals surface area contributed by atoms with E-state index in [0.29, 0.717) is 12.6 Å². The van der Waals surface area contributed by atoms with Crippen LogP contribution in [0.3, 0.4) is 0 Å². The fraction of sp³-hybridized carbons (Fsp3) is 0.150. The lowest BCUT2D eigenvalue weighted by molar-refractivity contribution is -0.120. The molecule has 0 saturated carbocycles. The van der Waals surface area contributed by atoms with Gasteiger partial charge in [0.15, 0.2) is 0 Å². The molecule has 1 heterocycles. The summed E-state index contributed by atoms with van der Waals surface area (Å²) in [4.78, 5) is 27.8. The standard InChI is InChI=1S/C20H18F2N4O2/c21-16-4-5-17(18(22)9-16)20(28)25-11-19(27)24-10-14-2-1-3-15(8-14)12-26-7-6-23-13-26/h1-9,13H,10-12H2,(H,24,27)(H,25,28). The molecule has 0 spiro atoms. The third-order valence-corrected chi connectivity index (χ3v) is 3.99. The van der Waals surface area contributed by atoms with Crippen LogP contribution >= 0.6 is 0 Å². The first kappa shape index (κ1) is 19.2. The molecular formula is C20H18F2N4O2. The summed E-state index contributed by atoms with van der Waals surface area (Å²) in [6, 6.07) is 10.3. The third kappa shape index (κ3) is 5.23. The van der Waals surface area contributed by atoms with Crippen LogP contribution in [0.15, 0.2) is 61.2 Å². The van der Waals surface area contributed by atoms with Gasteiger partial charge in [0.25, 0.3) is 5.91 Å². The molecule has 2 amide bonds. The van der Waals surface area contributed by atoms with Crippen molar-refractivity contribution in [1.82, 2.24) is 20.2 Å². The van der Waals surface area contributed by atoms with E-state index in [1.165, 1.54) is 0 Å². The molecule has 3 aromatic rings. The van der Waals surface area contributed by atoms with Crippen molar-refractivity contribution < 1.29 is 18.4 Å². The number of benzene rings is 2. The first-order valence-corrected chi connectivity index (χ1v) is 8.55. The van der Waals surface area contributed by atoms with Crippen molar-refractivity contribution in [1.29, 1.82) is 0 Å². The van der Waals surface area contributed by atoms with Crippen LogP contribution in [0, 0.1) is 11.6 Å². The second-order valence-corrected chi connectivity index (χ2v) is 6.14. The van der Waals surface area contributed by atoms with Gasteiger partial charge in [0.05, 0.1) is 18.4 Å². The van der Waals surface area contributed by atoms with E-state index in [-0.39, 0.29) is 18.7 Å². The van der Waals surface area contributed by atoms with Crippen molar-refractivity contribution in [3.8, 4) is 0 Å². The second kappa shape index (κ2) is 8.90. The second-order valence-electron chi connectivity index (χ2n) is 6.14. The van der Waals surface area contributed by atoms with E-state index in [9.17, 15) is 18.4 Å². The van der Waals surface area contributed by atoms with Crippen molar-refractivity contribution in [3.05, 3.63) is 89.5 Å². The minimum Gasteiger partial charge on any atom is -0.350 e. The maximum absolute atomic E-state index is 13.6. The molecule has 0 radical (unpaired) electrons. The monoisotopic (exact) mass is 384 g/mol. The Hall–Kier alpha value is -3.55. The molecule has 2 N–H and O–H groups in total. The van der Waals surface area contributed by atoms with E-state index >= 15 is 0 Å². The Kier molecular flexibility index (Phi) is 6.11. The number of amides is 2. The first-order chi connectivity index (χ1) is 13.5. The van der Waals surface area contributed by atoms with E-state index in [2.05, 4.69) is 15.6 Å². The molecule has 8 heteroatoms. The van der Waals surface area contributed by atoms with Crippen molar-refractivity contribution in [2.75, 3.05) is 6.54 Å². The minimum absolute atomic E-state index is 0.289. The van der Waals surface area contributed by atoms with Crippen LogP contribution in [0.2, 0.25) is 0 Å². The Labute approximate surface area is 160 Å². The van der Waals surface area contributed by atoms with Gasteiger partial charge in [-0.2, -0.15) is 0 Å². The van der Waals surface area contributed by atoms with Crippen LogP contribution in [0.5, 0.6) is 0 Å². The van der Waals surface area contributed by atoms with Gasteiger partial charge < -0.3 is 15.2 Å². The van der Waals surface area contributed by atoms with E-state index < -0.39 is 23.4 Å². The molecule has 0 aliphatic rings. The molecule has 0 saturated heterocycles. The van der Waals surface area contributed by atoms with Gasteiger partial charge in [-0.25, -0.2) is 13.8 Å². The van der Waals surface area contributed by atoms with Crippen molar-refractivity contribution >= 4 is 11.8 Å². The molecule has 6 nitrogen and oxygen atoms in total. The van der Waals surface area contributed by atoms with Crippen LogP contribution in [0.4, 0.5) is 8.78 Å². The molecule has 0 aliphatic carbocycles. The van der Waals surface area contributed by atoms with Crippen LogP contribution in [-0.4, -0.2) is 27.9 Å². The Balaban J connectivity index is 1.48. The summed E-state index contributed by atoms with van der Waals surface area (Å²) in [5.41, 5.74) is 1.65. The summed E-state index contributed by atoms with van der Waals surface area (Å²) in [5.74, 6) is -2.96. The normalized spacial score (nSPS) is 10.5. The lowest BCUT2D eigenvalue weighted by Crippen LogP contribution is -2.36. The molecule has 0 unspecified atom stereocenters. The van der Waals surface area contributed by atoms with Gasteiger partial charge in [-0.15, -0.1) is 0 Å². The van der Waals surface area contributed by atoms with Crippen LogP contribution < -0.4 is 10.6 Å². The Morgan fingerprint density at radius 1 is 1.04 bits per heavy atom. The quantitative estimate of drug-likeness (QED) is 0.656. The number of nitrogens with one attached hydrogen (secondary N) is 2. The molecule has 0 aliphatic heterocycles. The van der Waals surface area contributed by atoms with E-state index in [1.807, 2.05) is 35.0 Å². The average Bonchev–Trinajstić information content (AvgIpc) is 3.18. The Morgan fingerprint density at radius 3 is 2.61 bits per heavy atom. The summed E-state index contributed by atoms with van der Waals surface area (Å²) in [5, 5.41) is 5.00. The fourth-order valence-corrected chi connectivity index (χ4v) is 2.62. The van der Waals surface area contributed by atoms with E-state index in [0.717, 1.165) is 23.3 Å². The Bertz CT molecular complexity index is 974. The molecule has 3 rings (SSSR count). The molecule has 2 aromatic carbocycles. The molecule has 0 bridgehead atoms. The van der Waals surface area contributed by atoms with Crippen molar-refractivity contribution in [2.24, 2.45) is 0 Å².